The Bertz CT molecular complexity index is 165. The normalized spacial score (nSPS) is 43.8. The van der Waals surface area contributed by atoms with Crippen LogP contribution in [0, 0.1) is 0 Å². The number of rotatable bonds is 3. The first-order valence-electron chi connectivity index (χ1n) is 5.61. The van der Waals surface area contributed by atoms with Crippen molar-refractivity contribution < 1.29 is 9.22 Å². The van der Waals surface area contributed by atoms with E-state index in [1.165, 1.54) is 43.1 Å². The van der Waals surface area contributed by atoms with Crippen LogP contribution in [0.3, 0.4) is 0 Å². The zero-order valence-electron chi connectivity index (χ0n) is 8.96. The molecule has 2 atom stereocenters. The second-order valence-corrected chi connectivity index (χ2v) is 4.88. The minimum Gasteiger partial charge on any atom is -0.379 e. The number of likely N-dealkylation sites (N-methyl/N-ethyl adjacent to an activating group) is 1. The highest BCUT2D eigenvalue weighted by atomic mass is 16.5. The topological polar surface area (TPSA) is 9.23 Å². The molecule has 2 heteroatoms. The van der Waals surface area contributed by atoms with E-state index in [-0.39, 0.29) is 0 Å². The molecular formula is C11H22NO+. The molecule has 2 unspecified atom stereocenters. The number of piperidine rings is 1. The van der Waals surface area contributed by atoms with Crippen LogP contribution in [0.5, 0.6) is 0 Å². The molecule has 0 aromatic rings. The van der Waals surface area contributed by atoms with E-state index in [4.69, 9.17) is 4.74 Å². The molecule has 0 aromatic carbocycles. The quantitative estimate of drug-likeness (QED) is 0.608. The molecule has 2 aliphatic heterocycles. The van der Waals surface area contributed by atoms with Crippen molar-refractivity contribution in [3.05, 3.63) is 0 Å². The van der Waals surface area contributed by atoms with Crippen molar-refractivity contribution in [3.8, 4) is 0 Å². The molecule has 2 fully saturated rings. The van der Waals surface area contributed by atoms with Gasteiger partial charge in [-0.25, -0.2) is 0 Å². The van der Waals surface area contributed by atoms with Gasteiger partial charge in [0, 0.05) is 20.0 Å². The van der Waals surface area contributed by atoms with Crippen LogP contribution in [-0.2, 0) is 4.74 Å². The van der Waals surface area contributed by atoms with Crippen LogP contribution in [0.15, 0.2) is 0 Å². The van der Waals surface area contributed by atoms with E-state index in [1.54, 1.807) is 0 Å². The van der Waals surface area contributed by atoms with Gasteiger partial charge in [0.05, 0.1) is 25.7 Å². The Morgan fingerprint density at radius 1 is 1.15 bits per heavy atom. The lowest BCUT2D eigenvalue weighted by Crippen LogP contribution is -2.57. The Labute approximate surface area is 81.5 Å². The van der Waals surface area contributed by atoms with Gasteiger partial charge in [-0.3, -0.25) is 0 Å². The molecule has 2 heterocycles. The third-order valence-electron chi connectivity index (χ3n) is 4.35. The van der Waals surface area contributed by atoms with Crippen LogP contribution in [0.4, 0.5) is 0 Å². The van der Waals surface area contributed by atoms with Gasteiger partial charge in [-0.2, -0.15) is 0 Å². The van der Waals surface area contributed by atoms with Crippen molar-refractivity contribution >= 4 is 0 Å². The van der Waals surface area contributed by atoms with Crippen LogP contribution in [-0.4, -0.2) is 43.9 Å². The average molecular weight is 184 g/mol. The van der Waals surface area contributed by atoms with Gasteiger partial charge >= 0.3 is 0 Å². The van der Waals surface area contributed by atoms with E-state index in [0.29, 0.717) is 0 Å². The molecule has 0 N–H and O–H groups in total. The fourth-order valence-corrected chi connectivity index (χ4v) is 3.39. The maximum Gasteiger partial charge on any atom is 0.103 e. The highest BCUT2D eigenvalue weighted by molar-refractivity contribution is 4.81. The minimum atomic E-state index is 0.934. The molecule has 2 nitrogen and oxygen atoms in total. The lowest BCUT2D eigenvalue weighted by atomic mass is 10.00. The van der Waals surface area contributed by atoms with Crippen molar-refractivity contribution in [3.63, 3.8) is 0 Å². The Hall–Kier alpha value is -0.0800. The first kappa shape index (κ1) is 9.47. The predicted molar refractivity (Wildman–Crippen MR) is 53.6 cm³/mol. The summed E-state index contributed by atoms with van der Waals surface area (Å²) in [6, 6.07) is 1.91. The molecule has 0 spiro atoms. The third kappa shape index (κ3) is 1.50. The van der Waals surface area contributed by atoms with E-state index in [2.05, 4.69) is 7.05 Å². The molecule has 0 amide bonds. The molecule has 2 aliphatic rings. The summed E-state index contributed by atoms with van der Waals surface area (Å²) in [6.45, 7) is 2.16. The molecule has 0 saturated carbocycles. The average Bonchev–Trinajstić information content (AvgIpc) is 2.39. The molecule has 0 aliphatic carbocycles. The van der Waals surface area contributed by atoms with E-state index in [1.807, 2.05) is 7.11 Å². The van der Waals surface area contributed by atoms with E-state index < -0.39 is 0 Å². The van der Waals surface area contributed by atoms with Crippen molar-refractivity contribution in [1.82, 2.24) is 0 Å². The summed E-state index contributed by atoms with van der Waals surface area (Å²) in [4.78, 5) is 0. The summed E-state index contributed by atoms with van der Waals surface area (Å²) < 4.78 is 6.53. The Morgan fingerprint density at radius 3 is 2.31 bits per heavy atom. The van der Waals surface area contributed by atoms with Gasteiger partial charge in [0.15, 0.2) is 0 Å². The van der Waals surface area contributed by atoms with Gasteiger partial charge < -0.3 is 9.22 Å². The molecule has 2 saturated heterocycles. The van der Waals surface area contributed by atoms with Crippen molar-refractivity contribution in [2.24, 2.45) is 0 Å². The molecule has 76 valence electrons. The maximum atomic E-state index is 5.22. The van der Waals surface area contributed by atoms with Gasteiger partial charge in [0.1, 0.15) is 6.54 Å². The lowest BCUT2D eigenvalue weighted by Gasteiger charge is -2.44. The zero-order valence-corrected chi connectivity index (χ0v) is 8.96. The Kier molecular flexibility index (Phi) is 2.61. The summed E-state index contributed by atoms with van der Waals surface area (Å²) in [5, 5.41) is 0. The van der Waals surface area contributed by atoms with Gasteiger partial charge in [0.25, 0.3) is 0 Å². The number of ether oxygens (including phenoxy) is 1. The van der Waals surface area contributed by atoms with Gasteiger partial charge in [-0.1, -0.05) is 0 Å². The number of fused-ring (bicyclic) bond motifs is 2. The number of methoxy groups -OCH3 is 1. The van der Waals surface area contributed by atoms with Crippen molar-refractivity contribution in [1.29, 1.82) is 0 Å². The highest BCUT2D eigenvalue weighted by Gasteiger charge is 2.47. The standard InChI is InChI=1S/C11H22NO/c1-12(8-9-13-2)10-4-3-5-11(12)7-6-10/h10-11H,3-9H2,1-2H3/q+1. The minimum absolute atomic E-state index is 0.934. The highest BCUT2D eigenvalue weighted by Crippen LogP contribution is 2.40. The third-order valence-corrected chi connectivity index (χ3v) is 4.35. The maximum absolute atomic E-state index is 5.22. The SMILES string of the molecule is COCC[N+]1(C)C2CCCC1CC2. The van der Waals surface area contributed by atoms with E-state index in [0.717, 1.165) is 18.7 Å². The first-order chi connectivity index (χ1) is 6.27. The second-order valence-electron chi connectivity index (χ2n) is 4.88. The largest absolute Gasteiger partial charge is 0.379 e. The van der Waals surface area contributed by atoms with Crippen LogP contribution in [0.25, 0.3) is 0 Å². The number of nitrogens with zero attached hydrogens (tertiary/aromatic N) is 1. The van der Waals surface area contributed by atoms with Crippen LogP contribution >= 0.6 is 0 Å². The van der Waals surface area contributed by atoms with Gasteiger partial charge in [-0.15, -0.1) is 0 Å². The van der Waals surface area contributed by atoms with E-state index in [9.17, 15) is 0 Å². The van der Waals surface area contributed by atoms with E-state index >= 15 is 0 Å². The molecule has 2 bridgehead atoms. The summed E-state index contributed by atoms with van der Waals surface area (Å²) >= 11 is 0. The second kappa shape index (κ2) is 3.58. The molecule has 13 heavy (non-hydrogen) atoms. The Balaban J connectivity index is 2.03. The monoisotopic (exact) mass is 184 g/mol. The fourth-order valence-electron chi connectivity index (χ4n) is 3.39. The lowest BCUT2D eigenvalue weighted by molar-refractivity contribution is -0.948. The molecule has 2 rings (SSSR count). The van der Waals surface area contributed by atoms with Crippen LogP contribution in [0.2, 0.25) is 0 Å². The summed E-state index contributed by atoms with van der Waals surface area (Å²) in [5.74, 6) is 0. The van der Waals surface area contributed by atoms with Crippen molar-refractivity contribution in [2.45, 2.75) is 44.2 Å². The number of hydrogen-bond donors (Lipinski definition) is 0. The van der Waals surface area contributed by atoms with Crippen molar-refractivity contribution in [2.75, 3.05) is 27.3 Å². The first-order valence-corrected chi connectivity index (χ1v) is 5.61. The van der Waals surface area contributed by atoms with Gasteiger partial charge in [-0.05, 0) is 19.3 Å². The van der Waals surface area contributed by atoms with Crippen LogP contribution < -0.4 is 0 Å². The predicted octanol–water partition coefficient (Wildman–Crippen LogP) is 1.79. The summed E-state index contributed by atoms with van der Waals surface area (Å²) in [6.07, 6.45) is 7.30. The molecule has 0 radical (unpaired) electrons. The number of quaternary nitrogens is 1. The zero-order chi connectivity index (χ0) is 9.31. The summed E-state index contributed by atoms with van der Waals surface area (Å²) in [5.41, 5.74) is 0. The van der Waals surface area contributed by atoms with Crippen LogP contribution in [0.1, 0.15) is 32.1 Å². The smallest absolute Gasteiger partial charge is 0.103 e. The summed E-state index contributed by atoms with van der Waals surface area (Å²) in [7, 11) is 4.26. The molecule has 0 aromatic heterocycles. The molecular weight excluding hydrogens is 162 g/mol. The van der Waals surface area contributed by atoms with Gasteiger partial charge in [0.2, 0.25) is 0 Å². The Morgan fingerprint density at radius 2 is 1.77 bits per heavy atom. The fraction of sp³-hybridized carbons (Fsp3) is 1.00. The number of hydrogen-bond acceptors (Lipinski definition) is 1.